The van der Waals surface area contributed by atoms with Crippen LogP contribution in [-0.4, -0.2) is 29.0 Å². The Kier molecular flexibility index (Phi) is 3.78. The summed E-state index contributed by atoms with van der Waals surface area (Å²) in [5.41, 5.74) is 0.491. The minimum Gasteiger partial charge on any atom is -0.424 e. The Balaban J connectivity index is 2.30. The molecular weight excluding hydrogens is 266 g/mol. The molecule has 2 aromatic rings. The molecule has 1 aromatic heterocycles. The van der Waals surface area contributed by atoms with Gasteiger partial charge < -0.3 is 9.64 Å². The highest BCUT2D eigenvalue weighted by Crippen LogP contribution is 2.21. The van der Waals surface area contributed by atoms with E-state index in [0.717, 1.165) is 0 Å². The molecule has 0 aliphatic heterocycles. The van der Waals surface area contributed by atoms with Crippen LogP contribution in [0.5, 0.6) is 11.8 Å². The van der Waals surface area contributed by atoms with E-state index in [1.807, 2.05) is 6.07 Å². The minimum atomic E-state index is 0.0464. The van der Waals surface area contributed by atoms with E-state index in [4.69, 9.17) is 21.6 Å². The van der Waals surface area contributed by atoms with E-state index in [2.05, 4.69) is 15.0 Å². The number of hydrogen-bond donors (Lipinski definition) is 0. The second-order valence-corrected chi connectivity index (χ2v) is 4.16. The number of nitrogens with zero attached hydrogens (tertiary/aromatic N) is 5. The molecule has 1 aromatic carbocycles. The third-order valence-corrected chi connectivity index (χ3v) is 2.32. The fourth-order valence-corrected chi connectivity index (χ4v) is 1.45. The lowest BCUT2D eigenvalue weighted by Crippen LogP contribution is -2.13. The fourth-order valence-electron chi connectivity index (χ4n) is 1.30. The van der Waals surface area contributed by atoms with Crippen molar-refractivity contribution < 1.29 is 4.74 Å². The molecule has 0 bridgehead atoms. The largest absolute Gasteiger partial charge is 0.424 e. The zero-order valence-electron chi connectivity index (χ0n) is 10.3. The van der Waals surface area contributed by atoms with Crippen molar-refractivity contribution in [2.24, 2.45) is 0 Å². The average Bonchev–Trinajstić information content (AvgIpc) is 2.38. The molecule has 0 amide bonds. The van der Waals surface area contributed by atoms with Crippen LogP contribution in [-0.2, 0) is 0 Å². The SMILES string of the molecule is CN(C)c1nc(Cl)nc(Oc2cccc(C#N)c2)n1. The van der Waals surface area contributed by atoms with E-state index in [9.17, 15) is 0 Å². The lowest BCUT2D eigenvalue weighted by atomic mass is 10.2. The molecule has 96 valence electrons. The summed E-state index contributed by atoms with van der Waals surface area (Å²) in [6.45, 7) is 0. The molecule has 19 heavy (non-hydrogen) atoms. The normalized spacial score (nSPS) is 9.79. The van der Waals surface area contributed by atoms with Crippen molar-refractivity contribution in [3.05, 3.63) is 35.1 Å². The van der Waals surface area contributed by atoms with Crippen LogP contribution in [0.1, 0.15) is 5.56 Å². The number of nitriles is 1. The minimum absolute atomic E-state index is 0.0464. The second kappa shape index (κ2) is 5.50. The van der Waals surface area contributed by atoms with Gasteiger partial charge in [-0.25, -0.2) is 0 Å². The Hall–Kier alpha value is -2.39. The Morgan fingerprint density at radius 3 is 2.74 bits per heavy atom. The van der Waals surface area contributed by atoms with E-state index >= 15 is 0 Å². The van der Waals surface area contributed by atoms with E-state index in [1.165, 1.54) is 0 Å². The van der Waals surface area contributed by atoms with Crippen molar-refractivity contribution in [2.75, 3.05) is 19.0 Å². The number of aromatic nitrogens is 3. The van der Waals surface area contributed by atoms with Crippen molar-refractivity contribution in [2.45, 2.75) is 0 Å². The average molecular weight is 276 g/mol. The maximum Gasteiger partial charge on any atom is 0.328 e. The van der Waals surface area contributed by atoms with Crippen LogP contribution in [0.15, 0.2) is 24.3 Å². The molecule has 0 radical (unpaired) electrons. The monoisotopic (exact) mass is 275 g/mol. The molecule has 0 aliphatic carbocycles. The number of anilines is 1. The highest BCUT2D eigenvalue weighted by atomic mass is 35.5. The Morgan fingerprint density at radius 1 is 1.26 bits per heavy atom. The molecule has 1 heterocycles. The van der Waals surface area contributed by atoms with Gasteiger partial charge in [0.2, 0.25) is 11.2 Å². The van der Waals surface area contributed by atoms with E-state index in [1.54, 1.807) is 43.3 Å². The molecule has 0 spiro atoms. The van der Waals surface area contributed by atoms with Gasteiger partial charge >= 0.3 is 6.01 Å². The molecule has 0 saturated carbocycles. The molecule has 6 nitrogen and oxygen atoms in total. The van der Waals surface area contributed by atoms with Crippen LogP contribution in [0.2, 0.25) is 5.28 Å². The van der Waals surface area contributed by atoms with Gasteiger partial charge in [0, 0.05) is 14.1 Å². The molecule has 0 unspecified atom stereocenters. The zero-order chi connectivity index (χ0) is 13.8. The first kappa shape index (κ1) is 13.1. The van der Waals surface area contributed by atoms with Crippen LogP contribution in [0.4, 0.5) is 5.95 Å². The van der Waals surface area contributed by atoms with Gasteiger partial charge in [-0.1, -0.05) is 6.07 Å². The Morgan fingerprint density at radius 2 is 2.05 bits per heavy atom. The third-order valence-electron chi connectivity index (χ3n) is 2.15. The van der Waals surface area contributed by atoms with Crippen molar-refractivity contribution >= 4 is 17.5 Å². The topological polar surface area (TPSA) is 74.9 Å². The first-order valence-electron chi connectivity index (χ1n) is 5.35. The van der Waals surface area contributed by atoms with Crippen molar-refractivity contribution in [3.63, 3.8) is 0 Å². The van der Waals surface area contributed by atoms with Gasteiger partial charge in [-0.05, 0) is 29.8 Å². The summed E-state index contributed by atoms with van der Waals surface area (Å²) in [6.07, 6.45) is 0. The van der Waals surface area contributed by atoms with Crippen LogP contribution in [0.3, 0.4) is 0 Å². The van der Waals surface area contributed by atoms with Crippen LogP contribution in [0, 0.1) is 11.3 Å². The van der Waals surface area contributed by atoms with E-state index in [0.29, 0.717) is 17.3 Å². The number of hydrogen-bond acceptors (Lipinski definition) is 6. The molecule has 0 atom stereocenters. The van der Waals surface area contributed by atoms with E-state index < -0.39 is 0 Å². The summed E-state index contributed by atoms with van der Waals surface area (Å²) in [5.74, 6) is 0.859. The van der Waals surface area contributed by atoms with Gasteiger partial charge in [-0.15, -0.1) is 0 Å². The van der Waals surface area contributed by atoms with Crippen molar-refractivity contribution in [1.29, 1.82) is 5.26 Å². The van der Waals surface area contributed by atoms with Gasteiger partial charge in [0.25, 0.3) is 0 Å². The van der Waals surface area contributed by atoms with Gasteiger partial charge in [-0.3, -0.25) is 0 Å². The predicted octanol–water partition coefficient (Wildman–Crippen LogP) is 2.25. The first-order chi connectivity index (χ1) is 9.08. The summed E-state index contributed by atoms with van der Waals surface area (Å²) in [4.78, 5) is 13.6. The fraction of sp³-hybridized carbons (Fsp3) is 0.167. The first-order valence-corrected chi connectivity index (χ1v) is 5.73. The second-order valence-electron chi connectivity index (χ2n) is 3.82. The van der Waals surface area contributed by atoms with Crippen LogP contribution < -0.4 is 9.64 Å². The maximum absolute atomic E-state index is 8.81. The van der Waals surface area contributed by atoms with E-state index in [-0.39, 0.29) is 11.3 Å². The smallest absolute Gasteiger partial charge is 0.328 e. The molecule has 0 fully saturated rings. The number of ether oxygens (including phenoxy) is 1. The third kappa shape index (κ3) is 3.30. The highest BCUT2D eigenvalue weighted by Gasteiger charge is 2.08. The zero-order valence-corrected chi connectivity index (χ0v) is 11.1. The number of rotatable bonds is 3. The molecule has 0 aliphatic rings. The van der Waals surface area contributed by atoms with Crippen molar-refractivity contribution in [3.8, 4) is 17.8 Å². The number of benzene rings is 1. The Labute approximate surface area is 115 Å². The molecule has 2 rings (SSSR count). The lowest BCUT2D eigenvalue weighted by Gasteiger charge is -2.11. The summed E-state index contributed by atoms with van der Waals surface area (Å²) in [7, 11) is 3.57. The molecule has 0 saturated heterocycles. The van der Waals surface area contributed by atoms with Gasteiger partial charge in [-0.2, -0.15) is 20.2 Å². The number of halogens is 1. The quantitative estimate of drug-likeness (QED) is 0.855. The molecule has 0 N–H and O–H groups in total. The standard InChI is InChI=1S/C12H10ClN5O/c1-18(2)11-15-10(13)16-12(17-11)19-9-5-3-4-8(6-9)7-14/h3-6H,1-2H3. The molecular formula is C12H10ClN5O. The van der Waals surface area contributed by atoms with Gasteiger partial charge in [0.05, 0.1) is 11.6 Å². The Bertz CT molecular complexity index is 638. The summed E-state index contributed by atoms with van der Waals surface area (Å²) < 4.78 is 5.47. The molecule has 7 heteroatoms. The summed E-state index contributed by atoms with van der Waals surface area (Å²) in [5, 5.41) is 8.86. The van der Waals surface area contributed by atoms with Crippen LogP contribution in [0.25, 0.3) is 0 Å². The maximum atomic E-state index is 8.81. The highest BCUT2D eigenvalue weighted by molar-refractivity contribution is 6.28. The van der Waals surface area contributed by atoms with Crippen molar-refractivity contribution in [1.82, 2.24) is 15.0 Å². The van der Waals surface area contributed by atoms with Gasteiger partial charge in [0.1, 0.15) is 5.75 Å². The lowest BCUT2D eigenvalue weighted by molar-refractivity contribution is 0.439. The summed E-state index contributed by atoms with van der Waals surface area (Å²) >= 11 is 5.80. The predicted molar refractivity (Wildman–Crippen MR) is 70.4 cm³/mol. The summed E-state index contributed by atoms with van der Waals surface area (Å²) in [6, 6.07) is 8.79. The van der Waals surface area contributed by atoms with Crippen LogP contribution >= 0.6 is 11.6 Å². The van der Waals surface area contributed by atoms with Gasteiger partial charge in [0.15, 0.2) is 0 Å².